The van der Waals surface area contributed by atoms with Gasteiger partial charge in [0.15, 0.2) is 5.69 Å². The highest BCUT2D eigenvalue weighted by Gasteiger charge is 2.34. The standard InChI is InChI=1S/C28H30N6O4/c1-17-15-23(33-38-17)28(37)32-22(16-25(35)34-14-8-13-24(34)19-9-4-3-5-10-19)27(36)29-18(2)26-30-20-11-6-7-12-21(20)31-26/h3-7,9-12,15,18,22,24H,8,13-14,16H2,1-2H3,(H,29,36)(H,30,31)(H,32,37)/t18?,22-,24-/m0/s1. The maximum Gasteiger partial charge on any atom is 0.274 e. The van der Waals surface area contributed by atoms with Gasteiger partial charge in [-0.25, -0.2) is 4.98 Å². The van der Waals surface area contributed by atoms with Crippen molar-refractivity contribution in [2.24, 2.45) is 0 Å². The zero-order chi connectivity index (χ0) is 26.6. The molecular formula is C28H30N6O4. The Kier molecular flexibility index (Phi) is 7.21. The normalized spacial score (nSPS) is 16.8. The molecule has 3 amide bonds. The lowest BCUT2D eigenvalue weighted by atomic mass is 10.0. The van der Waals surface area contributed by atoms with Crippen LogP contribution in [-0.2, 0) is 9.59 Å². The maximum atomic E-state index is 13.5. The van der Waals surface area contributed by atoms with Crippen molar-refractivity contribution in [1.82, 2.24) is 30.7 Å². The highest BCUT2D eigenvalue weighted by molar-refractivity contribution is 5.98. The molecule has 2 aromatic carbocycles. The van der Waals surface area contributed by atoms with E-state index in [9.17, 15) is 14.4 Å². The van der Waals surface area contributed by atoms with E-state index in [0.717, 1.165) is 29.4 Å². The number of nitrogens with zero attached hydrogens (tertiary/aromatic N) is 3. The minimum absolute atomic E-state index is 0.0430. The summed E-state index contributed by atoms with van der Waals surface area (Å²) in [5.41, 5.74) is 2.73. The van der Waals surface area contributed by atoms with Gasteiger partial charge < -0.3 is 25.0 Å². The van der Waals surface area contributed by atoms with Gasteiger partial charge in [0.2, 0.25) is 11.8 Å². The van der Waals surface area contributed by atoms with Crippen LogP contribution >= 0.6 is 0 Å². The van der Waals surface area contributed by atoms with Crippen LogP contribution in [0, 0.1) is 6.92 Å². The van der Waals surface area contributed by atoms with Crippen molar-refractivity contribution in [1.29, 1.82) is 0 Å². The second-order valence-electron chi connectivity index (χ2n) is 9.58. The third-order valence-corrected chi connectivity index (χ3v) is 6.80. The molecule has 0 spiro atoms. The van der Waals surface area contributed by atoms with E-state index in [1.54, 1.807) is 18.7 Å². The van der Waals surface area contributed by atoms with Crippen molar-refractivity contribution < 1.29 is 18.9 Å². The van der Waals surface area contributed by atoms with E-state index in [1.165, 1.54) is 6.07 Å². The summed E-state index contributed by atoms with van der Waals surface area (Å²) in [7, 11) is 0. The van der Waals surface area contributed by atoms with Crippen molar-refractivity contribution in [3.8, 4) is 0 Å². The van der Waals surface area contributed by atoms with Crippen LogP contribution in [0.15, 0.2) is 65.2 Å². The molecule has 1 aliphatic rings. The molecule has 1 unspecified atom stereocenters. The molecule has 38 heavy (non-hydrogen) atoms. The third-order valence-electron chi connectivity index (χ3n) is 6.80. The molecule has 0 saturated carbocycles. The number of aromatic nitrogens is 3. The van der Waals surface area contributed by atoms with Gasteiger partial charge in [-0.3, -0.25) is 14.4 Å². The fourth-order valence-electron chi connectivity index (χ4n) is 4.85. The Morgan fingerprint density at radius 3 is 2.61 bits per heavy atom. The molecular weight excluding hydrogens is 484 g/mol. The second-order valence-corrected chi connectivity index (χ2v) is 9.58. The number of carbonyl (C=O) groups excluding carboxylic acids is 3. The number of likely N-dealkylation sites (tertiary alicyclic amines) is 1. The van der Waals surface area contributed by atoms with Gasteiger partial charge in [-0.1, -0.05) is 47.6 Å². The monoisotopic (exact) mass is 514 g/mol. The first-order chi connectivity index (χ1) is 18.4. The van der Waals surface area contributed by atoms with E-state index >= 15 is 0 Å². The van der Waals surface area contributed by atoms with Crippen molar-refractivity contribution >= 4 is 28.8 Å². The number of amides is 3. The van der Waals surface area contributed by atoms with Crippen molar-refractivity contribution in [2.75, 3.05) is 6.54 Å². The first kappa shape index (κ1) is 25.2. The molecule has 2 aromatic heterocycles. The Morgan fingerprint density at radius 1 is 1.11 bits per heavy atom. The quantitative estimate of drug-likeness (QED) is 0.329. The summed E-state index contributed by atoms with van der Waals surface area (Å²) in [6.45, 7) is 4.06. The first-order valence-corrected chi connectivity index (χ1v) is 12.7. The van der Waals surface area contributed by atoms with Crippen molar-refractivity contribution in [3.05, 3.63) is 83.5 Å². The van der Waals surface area contributed by atoms with E-state index in [0.29, 0.717) is 18.1 Å². The van der Waals surface area contributed by atoms with Gasteiger partial charge in [-0.15, -0.1) is 0 Å². The molecule has 3 atom stereocenters. The average molecular weight is 515 g/mol. The number of benzene rings is 2. The van der Waals surface area contributed by atoms with E-state index in [1.807, 2.05) is 54.6 Å². The van der Waals surface area contributed by atoms with Gasteiger partial charge in [-0.05, 0) is 44.4 Å². The third kappa shape index (κ3) is 5.44. The van der Waals surface area contributed by atoms with E-state index < -0.39 is 23.9 Å². The van der Waals surface area contributed by atoms with E-state index in [4.69, 9.17) is 4.52 Å². The number of fused-ring (bicyclic) bond motifs is 1. The van der Waals surface area contributed by atoms with Gasteiger partial charge in [0.25, 0.3) is 5.91 Å². The summed E-state index contributed by atoms with van der Waals surface area (Å²) in [5, 5.41) is 9.32. The van der Waals surface area contributed by atoms with Crippen LogP contribution in [0.5, 0.6) is 0 Å². The summed E-state index contributed by atoms with van der Waals surface area (Å²) in [6.07, 6.45) is 1.53. The number of rotatable bonds is 8. The lowest BCUT2D eigenvalue weighted by Gasteiger charge is -2.27. The lowest BCUT2D eigenvalue weighted by Crippen LogP contribution is -2.50. The number of nitrogens with one attached hydrogen (secondary N) is 3. The molecule has 4 aromatic rings. The Bertz CT molecular complexity index is 1410. The Balaban J connectivity index is 1.33. The first-order valence-electron chi connectivity index (χ1n) is 12.7. The number of carbonyl (C=O) groups is 3. The fraction of sp³-hybridized carbons (Fsp3) is 0.321. The number of hydrogen-bond acceptors (Lipinski definition) is 6. The molecule has 0 bridgehead atoms. The minimum atomic E-state index is -1.11. The van der Waals surface area contributed by atoms with Crippen LogP contribution in [0.3, 0.4) is 0 Å². The van der Waals surface area contributed by atoms with Gasteiger partial charge in [0.05, 0.1) is 29.5 Å². The number of H-pyrrole nitrogens is 1. The summed E-state index contributed by atoms with van der Waals surface area (Å²) in [6, 6.07) is 17.2. The zero-order valence-electron chi connectivity index (χ0n) is 21.3. The largest absolute Gasteiger partial charge is 0.361 e. The predicted octanol–water partition coefficient (Wildman–Crippen LogP) is 3.59. The summed E-state index contributed by atoms with van der Waals surface area (Å²) >= 11 is 0. The molecule has 1 fully saturated rings. The molecule has 5 rings (SSSR count). The molecule has 10 nitrogen and oxygen atoms in total. The molecule has 0 radical (unpaired) electrons. The lowest BCUT2D eigenvalue weighted by molar-refractivity contribution is -0.135. The molecule has 10 heteroatoms. The summed E-state index contributed by atoms with van der Waals surface area (Å²) in [4.78, 5) is 49.3. The smallest absolute Gasteiger partial charge is 0.274 e. The van der Waals surface area contributed by atoms with Crippen LogP contribution in [0.4, 0.5) is 0 Å². The topological polar surface area (TPSA) is 133 Å². The molecule has 0 aliphatic carbocycles. The minimum Gasteiger partial charge on any atom is -0.361 e. The van der Waals surface area contributed by atoms with Gasteiger partial charge in [0.1, 0.15) is 17.6 Å². The van der Waals surface area contributed by atoms with Crippen LogP contribution in [0.1, 0.15) is 65.9 Å². The zero-order valence-corrected chi connectivity index (χ0v) is 21.3. The molecule has 1 saturated heterocycles. The average Bonchev–Trinajstić information content (AvgIpc) is 3.68. The summed E-state index contributed by atoms with van der Waals surface area (Å²) < 4.78 is 5.01. The Labute approximate surface area is 219 Å². The van der Waals surface area contributed by atoms with Crippen LogP contribution in [-0.4, -0.2) is 50.3 Å². The molecule has 3 heterocycles. The molecule has 1 aliphatic heterocycles. The highest BCUT2D eigenvalue weighted by atomic mass is 16.5. The number of hydrogen-bond donors (Lipinski definition) is 3. The number of aromatic amines is 1. The van der Waals surface area contributed by atoms with Crippen molar-refractivity contribution in [2.45, 2.75) is 51.2 Å². The predicted molar refractivity (Wildman–Crippen MR) is 140 cm³/mol. The van der Waals surface area contributed by atoms with Crippen LogP contribution in [0.2, 0.25) is 0 Å². The highest BCUT2D eigenvalue weighted by Crippen LogP contribution is 2.32. The van der Waals surface area contributed by atoms with Crippen LogP contribution < -0.4 is 10.6 Å². The SMILES string of the molecule is Cc1cc(C(=O)N[C@@H](CC(=O)N2CCC[C@H]2c2ccccc2)C(=O)NC(C)c2nc3ccccc3[nH]2)no1. The van der Waals surface area contributed by atoms with Gasteiger partial charge >= 0.3 is 0 Å². The van der Waals surface area contributed by atoms with Gasteiger partial charge in [-0.2, -0.15) is 0 Å². The fourth-order valence-corrected chi connectivity index (χ4v) is 4.85. The number of aryl methyl sites for hydroxylation is 1. The van der Waals surface area contributed by atoms with Crippen molar-refractivity contribution in [3.63, 3.8) is 0 Å². The number of para-hydroxylation sites is 2. The van der Waals surface area contributed by atoms with E-state index in [2.05, 4.69) is 25.8 Å². The van der Waals surface area contributed by atoms with Gasteiger partial charge in [0, 0.05) is 12.6 Å². The Hall–Kier alpha value is -4.47. The Morgan fingerprint density at radius 2 is 1.87 bits per heavy atom. The number of imidazole rings is 1. The second kappa shape index (κ2) is 10.9. The van der Waals surface area contributed by atoms with Crippen LogP contribution in [0.25, 0.3) is 11.0 Å². The maximum absolute atomic E-state index is 13.5. The molecule has 3 N–H and O–H groups in total. The molecule has 196 valence electrons. The summed E-state index contributed by atoms with van der Waals surface area (Å²) in [5.74, 6) is -0.243. The van der Waals surface area contributed by atoms with E-state index in [-0.39, 0.29) is 24.1 Å².